The van der Waals surface area contributed by atoms with Gasteiger partial charge >= 0.3 is 6.18 Å². The van der Waals surface area contributed by atoms with Gasteiger partial charge in [-0.3, -0.25) is 4.90 Å². The highest BCUT2D eigenvalue weighted by Gasteiger charge is 2.37. The molecule has 136 valence electrons. The summed E-state index contributed by atoms with van der Waals surface area (Å²) in [4.78, 5) is 4.83. The van der Waals surface area contributed by atoms with Crippen molar-refractivity contribution in [1.82, 2.24) is 4.90 Å². The first-order valence-electron chi connectivity index (χ1n) is 8.62. The van der Waals surface area contributed by atoms with E-state index in [1.807, 2.05) is 5.38 Å². The second-order valence-corrected chi connectivity index (χ2v) is 8.33. The second kappa shape index (κ2) is 6.67. The molecular formula is C18H21F3N2S2. The fraction of sp³-hybridized carbons (Fsp3) is 0.556. The summed E-state index contributed by atoms with van der Waals surface area (Å²) in [5, 5.41) is 2.93. The van der Waals surface area contributed by atoms with Gasteiger partial charge in [-0.05, 0) is 36.1 Å². The van der Waals surface area contributed by atoms with Crippen molar-refractivity contribution >= 4 is 39.7 Å². The van der Waals surface area contributed by atoms with Crippen molar-refractivity contribution < 1.29 is 13.2 Å². The lowest BCUT2D eigenvalue weighted by molar-refractivity contribution is -0.137. The normalized spacial score (nSPS) is 24.9. The molecule has 2 heterocycles. The Kier molecular flexibility index (Phi) is 4.67. The molecule has 1 saturated heterocycles. The minimum Gasteiger partial charge on any atom is -0.368 e. The van der Waals surface area contributed by atoms with Gasteiger partial charge in [0, 0.05) is 48.2 Å². The number of piperazine rings is 1. The molecule has 1 aromatic heterocycles. The van der Waals surface area contributed by atoms with Crippen LogP contribution >= 0.6 is 24.0 Å². The van der Waals surface area contributed by atoms with Gasteiger partial charge in [0.05, 0.1) is 11.3 Å². The number of fused-ring (bicyclic) bond motifs is 1. The topological polar surface area (TPSA) is 6.48 Å². The number of hydrogen-bond acceptors (Lipinski definition) is 4. The predicted octanol–water partition coefficient (Wildman–Crippen LogP) is 4.61. The molecule has 2 aromatic rings. The van der Waals surface area contributed by atoms with Crippen LogP contribution in [0.25, 0.3) is 10.1 Å². The zero-order valence-electron chi connectivity index (χ0n) is 13.8. The van der Waals surface area contributed by atoms with Crippen molar-refractivity contribution in [3.05, 3.63) is 29.1 Å². The summed E-state index contributed by atoms with van der Waals surface area (Å²) >= 11 is 5.77. The van der Waals surface area contributed by atoms with Crippen LogP contribution in [0.4, 0.5) is 18.9 Å². The van der Waals surface area contributed by atoms with Crippen LogP contribution in [0.15, 0.2) is 23.6 Å². The molecule has 1 aliphatic carbocycles. The summed E-state index contributed by atoms with van der Waals surface area (Å²) in [7, 11) is 0. The maximum absolute atomic E-state index is 12.9. The van der Waals surface area contributed by atoms with E-state index in [1.54, 1.807) is 6.07 Å². The molecule has 1 unspecified atom stereocenters. The van der Waals surface area contributed by atoms with Gasteiger partial charge in [0.2, 0.25) is 0 Å². The third-order valence-electron chi connectivity index (χ3n) is 5.39. The van der Waals surface area contributed by atoms with Crippen molar-refractivity contribution in [2.45, 2.75) is 12.6 Å². The molecule has 0 spiro atoms. The Bertz CT molecular complexity index is 750. The van der Waals surface area contributed by atoms with E-state index in [0.29, 0.717) is 4.70 Å². The minimum atomic E-state index is -4.28. The number of hydrogen-bond donors (Lipinski definition) is 1. The highest BCUT2D eigenvalue weighted by Crippen LogP contribution is 2.40. The Hall–Kier alpha value is -0.920. The maximum atomic E-state index is 12.9. The fourth-order valence-electron chi connectivity index (χ4n) is 3.70. The van der Waals surface area contributed by atoms with E-state index in [4.69, 9.17) is 0 Å². The summed E-state index contributed by atoms with van der Waals surface area (Å²) in [6.07, 6.45) is -2.97. The number of thiol groups is 1. The molecule has 0 amide bonds. The fourth-order valence-corrected chi connectivity index (χ4v) is 5.15. The van der Waals surface area contributed by atoms with Gasteiger partial charge in [-0.25, -0.2) is 0 Å². The monoisotopic (exact) mass is 386 g/mol. The molecule has 1 aliphatic heterocycles. The molecular weight excluding hydrogens is 365 g/mol. The van der Waals surface area contributed by atoms with Crippen molar-refractivity contribution in [2.75, 3.05) is 43.4 Å². The standard InChI is InChI=1S/C18H21F3N2S2/c19-18(20,21)14-1-2-15-16(11-25-17(15)8-14)23-5-3-22(4-6-23)9-12-7-13(12)10-24/h1-2,8,11-13,24H,3-7,9-10H2/t12?,13-/m0/s1. The van der Waals surface area contributed by atoms with Gasteiger partial charge in [-0.2, -0.15) is 25.8 Å². The van der Waals surface area contributed by atoms with E-state index in [2.05, 4.69) is 22.4 Å². The van der Waals surface area contributed by atoms with E-state index in [1.165, 1.54) is 36.4 Å². The van der Waals surface area contributed by atoms with Gasteiger partial charge in [-0.15, -0.1) is 11.3 Å². The van der Waals surface area contributed by atoms with E-state index in [9.17, 15) is 13.2 Å². The van der Waals surface area contributed by atoms with Crippen LogP contribution in [-0.4, -0.2) is 43.4 Å². The number of anilines is 1. The Labute approximate surface area is 155 Å². The lowest BCUT2D eigenvalue weighted by Gasteiger charge is -2.36. The van der Waals surface area contributed by atoms with Crippen LogP contribution in [0.2, 0.25) is 0 Å². The SMILES string of the molecule is FC(F)(F)c1ccc2c(N3CCN(CC4C[C@H]4CS)CC3)csc2c1. The molecule has 2 nitrogen and oxygen atoms in total. The molecule has 2 aliphatic rings. The highest BCUT2D eigenvalue weighted by atomic mass is 32.1. The smallest absolute Gasteiger partial charge is 0.368 e. The Morgan fingerprint density at radius 3 is 2.52 bits per heavy atom. The average Bonchev–Trinajstić information content (AvgIpc) is 3.20. The predicted molar refractivity (Wildman–Crippen MR) is 101 cm³/mol. The van der Waals surface area contributed by atoms with E-state index in [0.717, 1.165) is 54.8 Å². The van der Waals surface area contributed by atoms with Gasteiger partial charge in [0.15, 0.2) is 0 Å². The van der Waals surface area contributed by atoms with Crippen LogP contribution < -0.4 is 4.90 Å². The van der Waals surface area contributed by atoms with Crippen molar-refractivity contribution in [3.8, 4) is 0 Å². The minimum absolute atomic E-state index is 0.568. The van der Waals surface area contributed by atoms with Gasteiger partial charge in [0.1, 0.15) is 0 Å². The first-order valence-corrected chi connectivity index (χ1v) is 10.1. The largest absolute Gasteiger partial charge is 0.416 e. The van der Waals surface area contributed by atoms with Crippen molar-refractivity contribution in [1.29, 1.82) is 0 Å². The summed E-state index contributed by atoms with van der Waals surface area (Å²) in [6.45, 7) is 5.08. The molecule has 1 aromatic carbocycles. The third kappa shape index (κ3) is 3.64. The Balaban J connectivity index is 1.43. The van der Waals surface area contributed by atoms with Gasteiger partial charge in [-0.1, -0.05) is 6.07 Å². The molecule has 0 bridgehead atoms. The first kappa shape index (κ1) is 17.5. The Morgan fingerprint density at radius 2 is 1.88 bits per heavy atom. The lowest BCUT2D eigenvalue weighted by atomic mass is 10.1. The van der Waals surface area contributed by atoms with Crippen LogP contribution in [0.1, 0.15) is 12.0 Å². The number of halogens is 3. The van der Waals surface area contributed by atoms with Crippen LogP contribution in [0, 0.1) is 11.8 Å². The number of thiophene rings is 1. The molecule has 1 saturated carbocycles. The van der Waals surface area contributed by atoms with Gasteiger partial charge in [0.25, 0.3) is 0 Å². The molecule has 0 radical (unpaired) electrons. The van der Waals surface area contributed by atoms with Crippen molar-refractivity contribution in [2.24, 2.45) is 11.8 Å². The van der Waals surface area contributed by atoms with Crippen LogP contribution in [-0.2, 0) is 6.18 Å². The number of alkyl halides is 3. The Morgan fingerprint density at radius 1 is 1.12 bits per heavy atom. The van der Waals surface area contributed by atoms with E-state index < -0.39 is 11.7 Å². The molecule has 25 heavy (non-hydrogen) atoms. The maximum Gasteiger partial charge on any atom is 0.416 e. The summed E-state index contributed by atoms with van der Waals surface area (Å²) in [5.74, 6) is 2.60. The molecule has 2 fully saturated rings. The lowest BCUT2D eigenvalue weighted by Crippen LogP contribution is -2.47. The number of nitrogens with zero attached hydrogens (tertiary/aromatic N) is 2. The zero-order valence-corrected chi connectivity index (χ0v) is 15.5. The van der Waals surface area contributed by atoms with Crippen LogP contribution in [0.5, 0.6) is 0 Å². The molecule has 7 heteroatoms. The zero-order chi connectivity index (χ0) is 17.6. The highest BCUT2D eigenvalue weighted by molar-refractivity contribution is 7.80. The summed E-state index contributed by atoms with van der Waals surface area (Å²) < 4.78 is 39.3. The molecule has 0 N–H and O–H groups in total. The summed E-state index contributed by atoms with van der Waals surface area (Å²) in [5.41, 5.74) is 0.509. The number of benzene rings is 1. The molecule has 4 rings (SSSR count). The third-order valence-corrected chi connectivity index (χ3v) is 6.79. The van der Waals surface area contributed by atoms with Crippen molar-refractivity contribution in [3.63, 3.8) is 0 Å². The van der Waals surface area contributed by atoms with Gasteiger partial charge < -0.3 is 4.90 Å². The quantitative estimate of drug-likeness (QED) is 0.767. The van der Waals surface area contributed by atoms with E-state index in [-0.39, 0.29) is 0 Å². The first-order chi connectivity index (χ1) is 12.0. The number of rotatable bonds is 4. The van der Waals surface area contributed by atoms with Crippen LogP contribution in [0.3, 0.4) is 0 Å². The molecule has 2 atom stereocenters. The van der Waals surface area contributed by atoms with E-state index >= 15 is 0 Å². The second-order valence-electron chi connectivity index (χ2n) is 7.06. The summed E-state index contributed by atoms with van der Waals surface area (Å²) in [6, 6.07) is 4.09. The average molecular weight is 387 g/mol.